The van der Waals surface area contributed by atoms with Gasteiger partial charge in [0.05, 0.1) is 4.47 Å². The van der Waals surface area contributed by atoms with E-state index in [0.717, 1.165) is 0 Å². The van der Waals surface area contributed by atoms with E-state index in [2.05, 4.69) is 26.6 Å². The number of amides is 2. The first kappa shape index (κ1) is 13.8. The average molecular weight is 344 g/mol. The normalized spacial score (nSPS) is 10.1. The highest BCUT2D eigenvalue weighted by molar-refractivity contribution is 9.10. The van der Waals surface area contributed by atoms with E-state index >= 15 is 0 Å². The zero-order valence-corrected chi connectivity index (χ0v) is 11.9. The molecule has 0 aliphatic carbocycles. The van der Waals surface area contributed by atoms with Crippen molar-refractivity contribution in [1.29, 1.82) is 0 Å². The molecule has 3 nitrogen and oxygen atoms in total. The highest BCUT2D eigenvalue weighted by Crippen LogP contribution is 2.19. The van der Waals surface area contributed by atoms with E-state index in [1.807, 2.05) is 0 Å². The molecule has 0 saturated carbocycles. The zero-order chi connectivity index (χ0) is 13.8. The summed E-state index contributed by atoms with van der Waals surface area (Å²) in [6.07, 6.45) is 0. The number of nitrogens with one attached hydrogen (secondary N) is 2. The highest BCUT2D eigenvalue weighted by atomic mass is 79.9. The molecule has 2 aromatic rings. The Bertz CT molecular complexity index is 604. The summed E-state index contributed by atoms with van der Waals surface area (Å²) in [6.45, 7) is 0. The van der Waals surface area contributed by atoms with Gasteiger partial charge in [0.15, 0.2) is 0 Å². The molecule has 0 aromatic heterocycles. The van der Waals surface area contributed by atoms with Gasteiger partial charge in [0.25, 0.3) is 0 Å². The van der Waals surface area contributed by atoms with Gasteiger partial charge in [-0.15, -0.1) is 0 Å². The van der Waals surface area contributed by atoms with Crippen LogP contribution in [0.3, 0.4) is 0 Å². The lowest BCUT2D eigenvalue weighted by Gasteiger charge is -2.08. The Labute approximate surface area is 122 Å². The molecular formula is C13H9BrClFN2O. The molecule has 0 atom stereocenters. The summed E-state index contributed by atoms with van der Waals surface area (Å²) in [6, 6.07) is 10.6. The summed E-state index contributed by atoms with van der Waals surface area (Å²) in [5, 5.41) is 5.72. The molecule has 0 aliphatic heterocycles. The third kappa shape index (κ3) is 3.94. The van der Waals surface area contributed by atoms with Crippen molar-refractivity contribution in [3.63, 3.8) is 0 Å². The summed E-state index contributed by atoms with van der Waals surface area (Å²) in [5.41, 5.74) is 0.964. The Balaban J connectivity index is 2.01. The molecular weight excluding hydrogens is 335 g/mol. The summed E-state index contributed by atoms with van der Waals surface area (Å²) in [5.74, 6) is -0.440. The molecule has 0 fully saturated rings. The first-order valence-electron chi connectivity index (χ1n) is 5.33. The van der Waals surface area contributed by atoms with Gasteiger partial charge in [0, 0.05) is 16.4 Å². The minimum Gasteiger partial charge on any atom is -0.308 e. The summed E-state index contributed by atoms with van der Waals surface area (Å²) >= 11 is 8.78. The monoisotopic (exact) mass is 342 g/mol. The molecule has 2 aromatic carbocycles. The first-order valence-corrected chi connectivity index (χ1v) is 6.50. The molecule has 19 heavy (non-hydrogen) atoms. The third-order valence-corrected chi connectivity index (χ3v) is 3.17. The Kier molecular flexibility index (Phi) is 4.39. The number of urea groups is 1. The van der Waals surface area contributed by atoms with E-state index in [9.17, 15) is 9.18 Å². The molecule has 2 amide bonds. The largest absolute Gasteiger partial charge is 0.323 e. The molecule has 0 spiro atoms. The number of rotatable bonds is 2. The van der Waals surface area contributed by atoms with Crippen molar-refractivity contribution in [2.75, 3.05) is 10.6 Å². The van der Waals surface area contributed by atoms with Crippen LogP contribution in [0.4, 0.5) is 20.6 Å². The van der Waals surface area contributed by atoms with Crippen LogP contribution in [0, 0.1) is 5.82 Å². The van der Waals surface area contributed by atoms with Gasteiger partial charge in [0.1, 0.15) is 5.82 Å². The van der Waals surface area contributed by atoms with Gasteiger partial charge in [-0.2, -0.15) is 0 Å². The summed E-state index contributed by atoms with van der Waals surface area (Å²) < 4.78 is 13.6. The number of halogens is 3. The minimum absolute atomic E-state index is 0.344. The van der Waals surface area contributed by atoms with Crippen LogP contribution >= 0.6 is 27.5 Å². The molecule has 0 heterocycles. The van der Waals surface area contributed by atoms with Gasteiger partial charge < -0.3 is 10.6 Å². The van der Waals surface area contributed by atoms with Crippen LogP contribution < -0.4 is 10.6 Å². The van der Waals surface area contributed by atoms with Gasteiger partial charge in [0.2, 0.25) is 0 Å². The van der Waals surface area contributed by atoms with Crippen molar-refractivity contribution in [3.05, 3.63) is 57.8 Å². The lowest BCUT2D eigenvalue weighted by molar-refractivity contribution is 0.262. The standard InChI is InChI=1S/C13H9BrClFN2O/c14-11-6-5-10(7-12(11)16)18-13(19)17-9-3-1-8(15)2-4-9/h1-7H,(H2,17,18,19). The maximum atomic E-state index is 13.3. The van der Waals surface area contributed by atoms with E-state index in [1.165, 1.54) is 12.1 Å². The van der Waals surface area contributed by atoms with Crippen molar-refractivity contribution in [2.24, 2.45) is 0 Å². The molecule has 98 valence electrons. The maximum Gasteiger partial charge on any atom is 0.323 e. The van der Waals surface area contributed by atoms with Crippen LogP contribution in [0.1, 0.15) is 0 Å². The topological polar surface area (TPSA) is 41.1 Å². The Morgan fingerprint density at radius 1 is 1.05 bits per heavy atom. The van der Waals surface area contributed by atoms with Crippen LogP contribution in [-0.2, 0) is 0 Å². The first-order chi connectivity index (χ1) is 9.04. The third-order valence-electron chi connectivity index (χ3n) is 2.28. The number of carbonyl (C=O) groups excluding carboxylic acids is 1. The van der Waals surface area contributed by atoms with Gasteiger partial charge in [-0.1, -0.05) is 11.6 Å². The van der Waals surface area contributed by atoms with Crippen LogP contribution in [0.2, 0.25) is 5.02 Å². The number of hydrogen-bond donors (Lipinski definition) is 2. The predicted octanol–water partition coefficient (Wildman–Crippen LogP) is 4.89. The lowest BCUT2D eigenvalue weighted by Crippen LogP contribution is -2.19. The molecule has 0 aliphatic rings. The fraction of sp³-hybridized carbons (Fsp3) is 0. The van der Waals surface area contributed by atoms with E-state index in [-0.39, 0.29) is 0 Å². The second-order valence-corrected chi connectivity index (χ2v) is 5.01. The molecule has 0 bridgehead atoms. The fourth-order valence-corrected chi connectivity index (χ4v) is 1.77. The van der Waals surface area contributed by atoms with E-state index < -0.39 is 11.8 Å². The fourth-order valence-electron chi connectivity index (χ4n) is 1.40. The van der Waals surface area contributed by atoms with Crippen LogP contribution in [0.5, 0.6) is 0 Å². The van der Waals surface area contributed by atoms with Crippen LogP contribution in [0.15, 0.2) is 46.9 Å². The number of hydrogen-bond acceptors (Lipinski definition) is 1. The second-order valence-electron chi connectivity index (χ2n) is 3.71. The smallest absolute Gasteiger partial charge is 0.308 e. The number of anilines is 2. The predicted molar refractivity (Wildman–Crippen MR) is 78.2 cm³/mol. The highest BCUT2D eigenvalue weighted by Gasteiger charge is 2.05. The Hall–Kier alpha value is -1.59. The number of benzene rings is 2. The molecule has 0 saturated heterocycles. The van der Waals surface area contributed by atoms with E-state index in [4.69, 9.17) is 11.6 Å². The molecule has 6 heteroatoms. The van der Waals surface area contributed by atoms with Gasteiger partial charge >= 0.3 is 6.03 Å². The Morgan fingerprint density at radius 2 is 1.63 bits per heavy atom. The van der Waals surface area contributed by atoms with Gasteiger partial charge in [-0.3, -0.25) is 0 Å². The van der Waals surface area contributed by atoms with Crippen molar-refractivity contribution in [1.82, 2.24) is 0 Å². The quantitative estimate of drug-likeness (QED) is 0.801. The molecule has 0 radical (unpaired) electrons. The minimum atomic E-state index is -0.455. The van der Waals surface area contributed by atoms with Crippen LogP contribution in [0.25, 0.3) is 0 Å². The van der Waals surface area contributed by atoms with E-state index in [0.29, 0.717) is 20.9 Å². The maximum absolute atomic E-state index is 13.3. The molecule has 2 rings (SSSR count). The Morgan fingerprint density at radius 3 is 2.26 bits per heavy atom. The number of carbonyl (C=O) groups is 1. The van der Waals surface area contributed by atoms with Crippen molar-refractivity contribution in [2.45, 2.75) is 0 Å². The molecule has 0 unspecified atom stereocenters. The molecule has 2 N–H and O–H groups in total. The van der Waals surface area contributed by atoms with Crippen molar-refractivity contribution >= 4 is 44.9 Å². The average Bonchev–Trinajstić information content (AvgIpc) is 2.37. The SMILES string of the molecule is O=C(Nc1ccc(Cl)cc1)Nc1ccc(Br)c(F)c1. The second kappa shape index (κ2) is 6.04. The van der Waals surface area contributed by atoms with Gasteiger partial charge in [-0.05, 0) is 58.4 Å². The zero-order valence-electron chi connectivity index (χ0n) is 9.58. The van der Waals surface area contributed by atoms with Crippen molar-refractivity contribution < 1.29 is 9.18 Å². The van der Waals surface area contributed by atoms with Crippen molar-refractivity contribution in [3.8, 4) is 0 Å². The van der Waals surface area contributed by atoms with Gasteiger partial charge in [-0.25, -0.2) is 9.18 Å². The summed E-state index contributed by atoms with van der Waals surface area (Å²) in [7, 11) is 0. The van der Waals surface area contributed by atoms with E-state index in [1.54, 1.807) is 30.3 Å². The lowest BCUT2D eigenvalue weighted by atomic mass is 10.3. The summed E-state index contributed by atoms with van der Waals surface area (Å²) in [4.78, 5) is 11.7. The van der Waals surface area contributed by atoms with Crippen LogP contribution in [-0.4, -0.2) is 6.03 Å².